The zero-order chi connectivity index (χ0) is 12.5. The highest BCUT2D eigenvalue weighted by molar-refractivity contribution is 6.16. The molecule has 0 unspecified atom stereocenters. The average molecular weight is 267 g/mol. The number of imidazole rings is 1. The molecule has 0 atom stereocenters. The zero-order valence-corrected chi connectivity index (χ0v) is 11.0. The third-order valence-corrected chi connectivity index (χ3v) is 4.02. The number of hydrogen-bond donors (Lipinski definition) is 0. The van der Waals surface area contributed by atoms with Gasteiger partial charge in [-0.2, -0.15) is 0 Å². The standard InChI is InChI=1S/C14H16ClFN2/c15-9-14-17-12-7-6-10(16)8-13(12)18(14)11-4-2-1-3-5-11/h6-8,11H,1-5,9H2. The molecule has 0 radical (unpaired) electrons. The first-order valence-corrected chi connectivity index (χ1v) is 7.05. The molecule has 1 aromatic heterocycles. The van der Waals surface area contributed by atoms with E-state index in [4.69, 9.17) is 11.6 Å². The maximum absolute atomic E-state index is 13.4. The minimum absolute atomic E-state index is 0.208. The number of fused-ring (bicyclic) bond motifs is 1. The Bertz CT molecular complexity index is 558. The third kappa shape index (κ3) is 2.01. The van der Waals surface area contributed by atoms with Crippen molar-refractivity contribution in [1.29, 1.82) is 0 Å². The lowest BCUT2D eigenvalue weighted by Gasteiger charge is -2.25. The van der Waals surface area contributed by atoms with E-state index in [2.05, 4.69) is 9.55 Å². The van der Waals surface area contributed by atoms with E-state index in [1.807, 2.05) is 0 Å². The predicted octanol–water partition coefficient (Wildman–Crippen LogP) is 4.42. The SMILES string of the molecule is Fc1ccc2nc(CCl)n(C3CCCCC3)c2c1. The second-order valence-electron chi connectivity index (χ2n) is 4.96. The van der Waals surface area contributed by atoms with E-state index in [1.165, 1.54) is 25.3 Å². The van der Waals surface area contributed by atoms with Crippen LogP contribution in [0.1, 0.15) is 44.0 Å². The van der Waals surface area contributed by atoms with Crippen LogP contribution in [0.15, 0.2) is 18.2 Å². The van der Waals surface area contributed by atoms with Gasteiger partial charge < -0.3 is 4.57 Å². The van der Waals surface area contributed by atoms with Crippen LogP contribution in [0.2, 0.25) is 0 Å². The fourth-order valence-electron chi connectivity index (χ4n) is 2.96. The Balaban J connectivity index is 2.14. The van der Waals surface area contributed by atoms with Crippen LogP contribution >= 0.6 is 11.6 Å². The Hall–Kier alpha value is -1.09. The molecular formula is C14H16ClFN2. The largest absolute Gasteiger partial charge is 0.324 e. The average Bonchev–Trinajstić information content (AvgIpc) is 2.77. The fraction of sp³-hybridized carbons (Fsp3) is 0.500. The smallest absolute Gasteiger partial charge is 0.125 e. The lowest BCUT2D eigenvalue weighted by Crippen LogP contribution is -2.15. The molecule has 1 aromatic carbocycles. The molecule has 1 fully saturated rings. The molecule has 1 saturated carbocycles. The maximum atomic E-state index is 13.4. The summed E-state index contributed by atoms with van der Waals surface area (Å²) in [5, 5.41) is 0. The van der Waals surface area contributed by atoms with Crippen molar-refractivity contribution in [1.82, 2.24) is 9.55 Å². The van der Waals surface area contributed by atoms with E-state index in [9.17, 15) is 4.39 Å². The molecule has 96 valence electrons. The summed E-state index contributed by atoms with van der Waals surface area (Å²) >= 11 is 5.99. The van der Waals surface area contributed by atoms with Crippen LogP contribution in [0, 0.1) is 5.82 Å². The van der Waals surface area contributed by atoms with Crippen molar-refractivity contribution in [2.75, 3.05) is 0 Å². The number of aromatic nitrogens is 2. The highest BCUT2D eigenvalue weighted by atomic mass is 35.5. The summed E-state index contributed by atoms with van der Waals surface area (Å²) in [5.74, 6) is 1.04. The van der Waals surface area contributed by atoms with Crippen LogP contribution in [0.5, 0.6) is 0 Å². The number of hydrogen-bond acceptors (Lipinski definition) is 1. The van der Waals surface area contributed by atoms with Crippen LogP contribution in [-0.4, -0.2) is 9.55 Å². The third-order valence-electron chi connectivity index (χ3n) is 3.78. The van der Waals surface area contributed by atoms with Crippen molar-refractivity contribution in [3.8, 4) is 0 Å². The van der Waals surface area contributed by atoms with Gasteiger partial charge >= 0.3 is 0 Å². The molecule has 0 aliphatic heterocycles. The number of alkyl halides is 1. The molecule has 0 spiro atoms. The van der Waals surface area contributed by atoms with Gasteiger partial charge in [-0.25, -0.2) is 9.37 Å². The molecule has 0 saturated heterocycles. The summed E-state index contributed by atoms with van der Waals surface area (Å²) in [4.78, 5) is 4.51. The first kappa shape index (κ1) is 12.0. The molecule has 2 nitrogen and oxygen atoms in total. The molecule has 18 heavy (non-hydrogen) atoms. The van der Waals surface area contributed by atoms with Crippen molar-refractivity contribution in [2.45, 2.75) is 44.0 Å². The molecule has 1 heterocycles. The molecule has 4 heteroatoms. The van der Waals surface area contributed by atoms with Gasteiger partial charge in [0.15, 0.2) is 0 Å². The van der Waals surface area contributed by atoms with Gasteiger partial charge in [-0.05, 0) is 31.0 Å². The van der Waals surface area contributed by atoms with E-state index in [0.29, 0.717) is 11.9 Å². The minimum Gasteiger partial charge on any atom is -0.324 e. The van der Waals surface area contributed by atoms with Crippen molar-refractivity contribution in [2.24, 2.45) is 0 Å². The number of benzene rings is 1. The van der Waals surface area contributed by atoms with Gasteiger partial charge in [-0.15, -0.1) is 11.6 Å². The fourth-order valence-corrected chi connectivity index (χ4v) is 3.15. The van der Waals surface area contributed by atoms with Gasteiger partial charge in [-0.1, -0.05) is 19.3 Å². The van der Waals surface area contributed by atoms with E-state index < -0.39 is 0 Å². The van der Waals surface area contributed by atoms with E-state index >= 15 is 0 Å². The van der Waals surface area contributed by atoms with Crippen LogP contribution in [0.25, 0.3) is 11.0 Å². The van der Waals surface area contributed by atoms with Gasteiger partial charge in [0.05, 0.1) is 16.9 Å². The second-order valence-corrected chi connectivity index (χ2v) is 5.22. The molecule has 0 amide bonds. The maximum Gasteiger partial charge on any atom is 0.125 e. The molecule has 0 N–H and O–H groups in total. The first-order chi connectivity index (χ1) is 8.79. The highest BCUT2D eigenvalue weighted by Gasteiger charge is 2.21. The lowest BCUT2D eigenvalue weighted by molar-refractivity contribution is 0.354. The number of rotatable bonds is 2. The van der Waals surface area contributed by atoms with Crippen molar-refractivity contribution in [3.63, 3.8) is 0 Å². The first-order valence-electron chi connectivity index (χ1n) is 6.52. The molecule has 1 aliphatic carbocycles. The molecule has 0 bridgehead atoms. The Kier molecular flexibility index (Phi) is 3.25. The van der Waals surface area contributed by atoms with Crippen LogP contribution in [0.4, 0.5) is 4.39 Å². The monoisotopic (exact) mass is 266 g/mol. The Morgan fingerprint density at radius 3 is 2.78 bits per heavy atom. The van der Waals surface area contributed by atoms with Crippen LogP contribution < -0.4 is 0 Å². The van der Waals surface area contributed by atoms with Crippen molar-refractivity contribution >= 4 is 22.6 Å². The molecular weight excluding hydrogens is 251 g/mol. The molecule has 2 aromatic rings. The molecule has 1 aliphatic rings. The van der Waals surface area contributed by atoms with Crippen LogP contribution in [0.3, 0.4) is 0 Å². The Morgan fingerprint density at radius 1 is 1.28 bits per heavy atom. The van der Waals surface area contributed by atoms with Gasteiger partial charge in [0.2, 0.25) is 0 Å². The quantitative estimate of drug-likeness (QED) is 0.736. The normalized spacial score (nSPS) is 17.4. The zero-order valence-electron chi connectivity index (χ0n) is 10.2. The molecule has 3 rings (SSSR count). The van der Waals surface area contributed by atoms with Gasteiger partial charge in [0, 0.05) is 6.04 Å². The lowest BCUT2D eigenvalue weighted by atomic mass is 9.95. The number of nitrogens with zero attached hydrogens (tertiary/aromatic N) is 2. The predicted molar refractivity (Wildman–Crippen MR) is 71.4 cm³/mol. The summed E-state index contributed by atoms with van der Waals surface area (Å²) in [6.45, 7) is 0. The summed E-state index contributed by atoms with van der Waals surface area (Å²) in [5.41, 5.74) is 1.73. The Labute approximate surface area is 111 Å². The van der Waals surface area contributed by atoms with E-state index in [-0.39, 0.29) is 5.82 Å². The summed E-state index contributed by atoms with van der Waals surface area (Å²) in [6.07, 6.45) is 6.06. The van der Waals surface area contributed by atoms with Crippen molar-refractivity contribution < 1.29 is 4.39 Å². The summed E-state index contributed by atoms with van der Waals surface area (Å²) in [7, 11) is 0. The van der Waals surface area contributed by atoms with Crippen molar-refractivity contribution in [3.05, 3.63) is 29.8 Å². The number of halogens is 2. The van der Waals surface area contributed by atoms with Gasteiger partial charge in [0.25, 0.3) is 0 Å². The van der Waals surface area contributed by atoms with Gasteiger partial charge in [-0.3, -0.25) is 0 Å². The Morgan fingerprint density at radius 2 is 2.06 bits per heavy atom. The minimum atomic E-state index is -0.208. The summed E-state index contributed by atoms with van der Waals surface area (Å²) < 4.78 is 15.6. The van der Waals surface area contributed by atoms with E-state index in [0.717, 1.165) is 29.7 Å². The van der Waals surface area contributed by atoms with E-state index in [1.54, 1.807) is 12.1 Å². The van der Waals surface area contributed by atoms with Crippen LogP contribution in [-0.2, 0) is 5.88 Å². The summed E-state index contributed by atoms with van der Waals surface area (Å²) in [6, 6.07) is 5.20. The second kappa shape index (κ2) is 4.88. The van der Waals surface area contributed by atoms with Gasteiger partial charge in [0.1, 0.15) is 11.6 Å². The highest BCUT2D eigenvalue weighted by Crippen LogP contribution is 2.33. The topological polar surface area (TPSA) is 17.8 Å².